The highest BCUT2D eigenvalue weighted by Gasteiger charge is 2.06. The molecule has 0 radical (unpaired) electrons. The monoisotopic (exact) mass is 299 g/mol. The molecule has 0 unspecified atom stereocenters. The van der Waals surface area contributed by atoms with Crippen LogP contribution in [-0.2, 0) is 13.1 Å². The van der Waals surface area contributed by atoms with E-state index in [4.69, 9.17) is 9.47 Å². The van der Waals surface area contributed by atoms with Crippen LogP contribution in [-0.4, -0.2) is 13.7 Å². The number of benzene rings is 2. The molecule has 0 heterocycles. The molecule has 0 saturated heterocycles. The standard InChI is InChI=1S/C19H25NO2/c1-15(2)14-22-18-10-9-17(11-19(18)21-3)13-20-12-16-7-5-4-6-8-16/h4-11,15,20H,12-14H2,1-3H3. The van der Waals surface area contributed by atoms with E-state index in [9.17, 15) is 0 Å². The van der Waals surface area contributed by atoms with Crippen molar-refractivity contribution in [3.8, 4) is 11.5 Å². The van der Waals surface area contributed by atoms with Gasteiger partial charge in [0.15, 0.2) is 11.5 Å². The smallest absolute Gasteiger partial charge is 0.161 e. The largest absolute Gasteiger partial charge is 0.493 e. The Morgan fingerprint density at radius 1 is 0.909 bits per heavy atom. The van der Waals surface area contributed by atoms with Gasteiger partial charge >= 0.3 is 0 Å². The van der Waals surface area contributed by atoms with Crippen LogP contribution in [0.25, 0.3) is 0 Å². The van der Waals surface area contributed by atoms with E-state index in [0.29, 0.717) is 12.5 Å². The van der Waals surface area contributed by atoms with E-state index in [1.54, 1.807) is 7.11 Å². The van der Waals surface area contributed by atoms with Gasteiger partial charge in [0.25, 0.3) is 0 Å². The lowest BCUT2D eigenvalue weighted by molar-refractivity contribution is 0.256. The van der Waals surface area contributed by atoms with Crippen molar-refractivity contribution in [3.63, 3.8) is 0 Å². The van der Waals surface area contributed by atoms with E-state index in [1.807, 2.05) is 18.2 Å². The van der Waals surface area contributed by atoms with Gasteiger partial charge in [-0.3, -0.25) is 0 Å². The van der Waals surface area contributed by atoms with Crippen LogP contribution in [0.1, 0.15) is 25.0 Å². The first-order valence-corrected chi connectivity index (χ1v) is 7.73. The Morgan fingerprint density at radius 2 is 1.64 bits per heavy atom. The third-order valence-electron chi connectivity index (χ3n) is 3.30. The first kappa shape index (κ1) is 16.4. The van der Waals surface area contributed by atoms with E-state index in [1.165, 1.54) is 11.1 Å². The number of rotatable bonds is 8. The molecule has 3 nitrogen and oxygen atoms in total. The quantitative estimate of drug-likeness (QED) is 0.798. The van der Waals surface area contributed by atoms with Crippen molar-refractivity contribution in [2.24, 2.45) is 5.92 Å². The number of ether oxygens (including phenoxy) is 2. The molecule has 22 heavy (non-hydrogen) atoms. The third-order valence-corrected chi connectivity index (χ3v) is 3.30. The average Bonchev–Trinajstić information content (AvgIpc) is 2.54. The second-order valence-electron chi connectivity index (χ2n) is 5.78. The summed E-state index contributed by atoms with van der Waals surface area (Å²) in [7, 11) is 1.68. The highest BCUT2D eigenvalue weighted by molar-refractivity contribution is 5.43. The molecule has 0 saturated carbocycles. The van der Waals surface area contributed by atoms with Gasteiger partial charge in [0.1, 0.15) is 0 Å². The lowest BCUT2D eigenvalue weighted by Crippen LogP contribution is -2.12. The molecule has 0 bridgehead atoms. The Morgan fingerprint density at radius 3 is 2.32 bits per heavy atom. The molecule has 0 amide bonds. The van der Waals surface area contributed by atoms with Gasteiger partial charge in [-0.15, -0.1) is 0 Å². The van der Waals surface area contributed by atoms with E-state index in [0.717, 1.165) is 24.6 Å². The summed E-state index contributed by atoms with van der Waals surface area (Å²) in [6, 6.07) is 16.5. The highest BCUT2D eigenvalue weighted by atomic mass is 16.5. The van der Waals surface area contributed by atoms with Crippen LogP contribution >= 0.6 is 0 Å². The number of hydrogen-bond acceptors (Lipinski definition) is 3. The van der Waals surface area contributed by atoms with Gasteiger partial charge in [0, 0.05) is 13.1 Å². The lowest BCUT2D eigenvalue weighted by Gasteiger charge is -2.14. The van der Waals surface area contributed by atoms with E-state index >= 15 is 0 Å². The molecule has 0 aromatic heterocycles. The molecule has 0 fully saturated rings. The summed E-state index contributed by atoms with van der Waals surface area (Å²) >= 11 is 0. The molecule has 0 aliphatic carbocycles. The van der Waals surface area contributed by atoms with Crippen molar-refractivity contribution < 1.29 is 9.47 Å². The Kier molecular flexibility index (Phi) is 6.28. The Bertz CT molecular complexity index is 567. The van der Waals surface area contributed by atoms with Gasteiger partial charge < -0.3 is 14.8 Å². The molecule has 1 N–H and O–H groups in total. The van der Waals surface area contributed by atoms with Crippen molar-refractivity contribution in [3.05, 3.63) is 59.7 Å². The van der Waals surface area contributed by atoms with Crippen molar-refractivity contribution in [1.29, 1.82) is 0 Å². The molecule has 2 aromatic rings. The predicted octanol–water partition coefficient (Wildman–Crippen LogP) is 4.02. The first-order valence-electron chi connectivity index (χ1n) is 7.73. The van der Waals surface area contributed by atoms with E-state index in [-0.39, 0.29) is 0 Å². The SMILES string of the molecule is COc1cc(CNCc2ccccc2)ccc1OCC(C)C. The van der Waals surface area contributed by atoms with Crippen LogP contribution < -0.4 is 14.8 Å². The summed E-state index contributed by atoms with van der Waals surface area (Å²) in [6.45, 7) is 6.62. The molecular weight excluding hydrogens is 274 g/mol. The molecule has 0 atom stereocenters. The lowest BCUT2D eigenvalue weighted by atomic mass is 10.2. The second-order valence-corrected chi connectivity index (χ2v) is 5.78. The fourth-order valence-corrected chi connectivity index (χ4v) is 2.14. The summed E-state index contributed by atoms with van der Waals surface area (Å²) in [5.41, 5.74) is 2.47. The minimum atomic E-state index is 0.497. The third kappa shape index (κ3) is 5.08. The summed E-state index contributed by atoms with van der Waals surface area (Å²) in [5, 5.41) is 3.44. The maximum absolute atomic E-state index is 5.77. The minimum Gasteiger partial charge on any atom is -0.493 e. The summed E-state index contributed by atoms with van der Waals surface area (Å²) < 4.78 is 11.2. The van der Waals surface area contributed by atoms with E-state index < -0.39 is 0 Å². The Hall–Kier alpha value is -2.00. The summed E-state index contributed by atoms with van der Waals surface area (Å²) in [5.74, 6) is 2.10. The van der Waals surface area contributed by atoms with Crippen molar-refractivity contribution in [2.45, 2.75) is 26.9 Å². The molecule has 0 aliphatic rings. The fraction of sp³-hybridized carbons (Fsp3) is 0.368. The average molecular weight is 299 g/mol. The maximum Gasteiger partial charge on any atom is 0.161 e. The van der Waals surface area contributed by atoms with E-state index in [2.05, 4.69) is 49.5 Å². The molecule has 0 aliphatic heterocycles. The van der Waals surface area contributed by atoms with Crippen LogP contribution in [0.3, 0.4) is 0 Å². The molecule has 0 spiro atoms. The molecular formula is C19H25NO2. The zero-order chi connectivity index (χ0) is 15.8. The zero-order valence-corrected chi connectivity index (χ0v) is 13.6. The van der Waals surface area contributed by atoms with Gasteiger partial charge in [0.05, 0.1) is 13.7 Å². The van der Waals surface area contributed by atoms with Crippen molar-refractivity contribution >= 4 is 0 Å². The maximum atomic E-state index is 5.77. The predicted molar refractivity (Wildman–Crippen MR) is 90.3 cm³/mol. The van der Waals surface area contributed by atoms with Crippen LogP contribution in [0.4, 0.5) is 0 Å². The normalized spacial score (nSPS) is 10.7. The van der Waals surface area contributed by atoms with Crippen LogP contribution in [0, 0.1) is 5.92 Å². The molecule has 3 heteroatoms. The number of methoxy groups -OCH3 is 1. The highest BCUT2D eigenvalue weighted by Crippen LogP contribution is 2.28. The van der Waals surface area contributed by atoms with Gasteiger partial charge in [-0.1, -0.05) is 50.2 Å². The number of nitrogens with one attached hydrogen (secondary N) is 1. The Labute approximate surface area is 133 Å². The first-order chi connectivity index (χ1) is 10.7. The van der Waals surface area contributed by atoms with Crippen LogP contribution in [0.15, 0.2) is 48.5 Å². The molecule has 2 rings (SSSR count). The summed E-state index contributed by atoms with van der Waals surface area (Å²) in [4.78, 5) is 0. The fourth-order valence-electron chi connectivity index (χ4n) is 2.14. The molecule has 118 valence electrons. The van der Waals surface area contributed by atoms with Crippen molar-refractivity contribution in [1.82, 2.24) is 5.32 Å². The van der Waals surface area contributed by atoms with Crippen molar-refractivity contribution in [2.75, 3.05) is 13.7 Å². The van der Waals surface area contributed by atoms with Crippen LogP contribution in [0.2, 0.25) is 0 Å². The van der Waals surface area contributed by atoms with Gasteiger partial charge in [-0.05, 0) is 29.2 Å². The summed E-state index contributed by atoms with van der Waals surface area (Å²) in [6.07, 6.45) is 0. The number of hydrogen-bond donors (Lipinski definition) is 1. The van der Waals surface area contributed by atoms with Gasteiger partial charge in [-0.2, -0.15) is 0 Å². The molecule has 2 aromatic carbocycles. The second kappa shape index (κ2) is 8.44. The van der Waals surface area contributed by atoms with Crippen LogP contribution in [0.5, 0.6) is 11.5 Å². The minimum absolute atomic E-state index is 0.497. The Balaban J connectivity index is 1.91. The zero-order valence-electron chi connectivity index (χ0n) is 13.6. The van der Waals surface area contributed by atoms with Gasteiger partial charge in [0.2, 0.25) is 0 Å². The van der Waals surface area contributed by atoms with Gasteiger partial charge in [-0.25, -0.2) is 0 Å². The topological polar surface area (TPSA) is 30.5 Å².